The first-order valence-corrected chi connectivity index (χ1v) is 16.1. The maximum absolute atomic E-state index is 14.4. The summed E-state index contributed by atoms with van der Waals surface area (Å²) in [5.41, 5.74) is 5.67. The Labute approximate surface area is 247 Å². The van der Waals surface area contributed by atoms with Crippen LogP contribution in [0, 0.1) is 0 Å². The topological polar surface area (TPSA) is 78.3 Å². The van der Waals surface area contributed by atoms with Gasteiger partial charge in [-0.15, -0.1) is 0 Å². The molecule has 0 bridgehead atoms. The average Bonchev–Trinajstić information content (AvgIpc) is 3.63. The molecule has 2 aliphatic carbocycles. The van der Waals surface area contributed by atoms with E-state index in [0.717, 1.165) is 85.5 Å². The van der Waals surface area contributed by atoms with Gasteiger partial charge in [0.1, 0.15) is 11.7 Å². The minimum absolute atomic E-state index is 0.162. The van der Waals surface area contributed by atoms with Crippen LogP contribution in [-0.4, -0.2) is 75.8 Å². The molecule has 222 valence electrons. The third-order valence-corrected chi connectivity index (χ3v) is 10.5. The number of imidazole rings is 1. The molecular weight excluding hydrogens is 529 g/mol. The second-order valence-corrected chi connectivity index (χ2v) is 13.6. The largest absolute Gasteiger partial charge is 0.366 e. The van der Waals surface area contributed by atoms with Crippen molar-refractivity contribution in [2.75, 3.05) is 36.4 Å². The molecule has 0 radical (unpaired) electrons. The number of fused-ring (bicyclic) bond motifs is 3. The molecule has 3 aromatic rings. The number of nitrogens with zero attached hydrogens (tertiary/aromatic N) is 5. The van der Waals surface area contributed by atoms with Gasteiger partial charge in [0.2, 0.25) is 5.91 Å². The molecule has 2 aromatic heterocycles. The predicted molar refractivity (Wildman–Crippen MR) is 164 cm³/mol. The number of aromatic nitrogens is 3. The van der Waals surface area contributed by atoms with Crippen LogP contribution in [0.3, 0.4) is 0 Å². The lowest BCUT2D eigenvalue weighted by atomic mass is 9.74. The zero-order valence-corrected chi connectivity index (χ0v) is 24.8. The monoisotopic (exact) mass is 571 g/mol. The van der Waals surface area contributed by atoms with Crippen LogP contribution in [0.4, 0.5) is 15.9 Å². The molecule has 4 fully saturated rings. The van der Waals surface area contributed by atoms with Gasteiger partial charge in [-0.05, 0) is 103 Å². The van der Waals surface area contributed by atoms with E-state index in [0.29, 0.717) is 25.0 Å². The fourth-order valence-corrected chi connectivity index (χ4v) is 7.92. The summed E-state index contributed by atoms with van der Waals surface area (Å²) >= 11 is 0. The normalized spacial score (nSPS) is 27.6. The average molecular weight is 572 g/mol. The van der Waals surface area contributed by atoms with E-state index in [1.54, 1.807) is 0 Å². The lowest BCUT2D eigenvalue weighted by Crippen LogP contribution is -2.59. The molecule has 8 nitrogen and oxygen atoms in total. The van der Waals surface area contributed by atoms with Gasteiger partial charge < -0.3 is 20.1 Å². The number of anilines is 2. The van der Waals surface area contributed by atoms with E-state index >= 15 is 0 Å². The van der Waals surface area contributed by atoms with Gasteiger partial charge in [-0.1, -0.05) is 12.1 Å². The van der Waals surface area contributed by atoms with Crippen molar-refractivity contribution >= 4 is 28.4 Å². The molecular formula is C33H42FN7O. The number of likely N-dealkylation sites (tertiary alicyclic amines) is 1. The summed E-state index contributed by atoms with van der Waals surface area (Å²) in [6, 6.07) is 9.96. The van der Waals surface area contributed by atoms with E-state index in [2.05, 4.69) is 63.1 Å². The van der Waals surface area contributed by atoms with E-state index in [1.807, 2.05) is 6.33 Å². The summed E-state index contributed by atoms with van der Waals surface area (Å²) in [4.78, 5) is 28.8. The quantitative estimate of drug-likeness (QED) is 0.424. The van der Waals surface area contributed by atoms with Gasteiger partial charge in [-0.25, -0.2) is 14.4 Å². The van der Waals surface area contributed by atoms with E-state index < -0.39 is 11.6 Å². The summed E-state index contributed by atoms with van der Waals surface area (Å²) in [6.45, 7) is 7.56. The summed E-state index contributed by atoms with van der Waals surface area (Å²) < 4.78 is 16.4. The minimum atomic E-state index is -0.719. The van der Waals surface area contributed by atoms with Crippen molar-refractivity contribution < 1.29 is 9.18 Å². The fourth-order valence-electron chi connectivity index (χ4n) is 7.92. The Morgan fingerprint density at radius 3 is 2.64 bits per heavy atom. The number of carbonyl (C=O) groups is 1. The third-order valence-electron chi connectivity index (χ3n) is 10.5. The molecule has 3 aliphatic heterocycles. The van der Waals surface area contributed by atoms with Crippen LogP contribution in [0.25, 0.3) is 22.3 Å². The minimum Gasteiger partial charge on any atom is -0.366 e. The Kier molecular flexibility index (Phi) is 6.34. The highest BCUT2D eigenvalue weighted by Crippen LogP contribution is 2.51. The molecule has 42 heavy (non-hydrogen) atoms. The smallest absolute Gasteiger partial charge is 0.238 e. The number of piperidine rings is 2. The Morgan fingerprint density at radius 1 is 1.10 bits per heavy atom. The van der Waals surface area contributed by atoms with Crippen molar-refractivity contribution in [3.63, 3.8) is 0 Å². The molecule has 1 spiro atoms. The number of carbonyl (C=O) groups excluding carboxylic acids is 1. The van der Waals surface area contributed by atoms with Crippen LogP contribution in [0.1, 0.15) is 76.8 Å². The van der Waals surface area contributed by atoms with E-state index in [9.17, 15) is 9.18 Å². The van der Waals surface area contributed by atoms with Gasteiger partial charge in [-0.3, -0.25) is 9.69 Å². The summed E-state index contributed by atoms with van der Waals surface area (Å²) in [6.07, 6.45) is 8.64. The standard InChI is InChI=1S/C33H42FN7O/c1-20(2)40-19-36-28-17-27(38-31(30(28)40)37-23-6-7-23)21-5-8-26-29(14-21)41(32(42)33(26)9-11-35-12-10-33)25-15-24(16-25)39-13-3-4-22(34)18-39/h5,8,14,17,19-20,22-25,35H,3-4,6-7,9-13,15-16,18H2,1-2H3,(H,37,38)/t22-,24?,25?/m0/s1. The second-order valence-electron chi connectivity index (χ2n) is 13.6. The Hall–Kier alpha value is -3.04. The number of alkyl halides is 1. The zero-order valence-electron chi connectivity index (χ0n) is 24.8. The van der Waals surface area contributed by atoms with Crippen LogP contribution in [0.5, 0.6) is 0 Å². The van der Waals surface area contributed by atoms with Gasteiger partial charge in [0.25, 0.3) is 0 Å². The first kappa shape index (κ1) is 26.6. The number of hydrogen-bond donors (Lipinski definition) is 2. The number of benzene rings is 1. The number of hydrogen-bond acceptors (Lipinski definition) is 6. The van der Waals surface area contributed by atoms with Crippen molar-refractivity contribution in [1.29, 1.82) is 0 Å². The van der Waals surface area contributed by atoms with Gasteiger partial charge in [0.15, 0.2) is 5.82 Å². The molecule has 0 unspecified atom stereocenters. The first-order chi connectivity index (χ1) is 20.4. The molecule has 5 aliphatic rings. The maximum atomic E-state index is 14.4. The number of nitrogens with one attached hydrogen (secondary N) is 2. The molecule has 1 atom stereocenters. The predicted octanol–water partition coefficient (Wildman–Crippen LogP) is 5.19. The van der Waals surface area contributed by atoms with Gasteiger partial charge in [-0.2, -0.15) is 0 Å². The molecule has 2 N–H and O–H groups in total. The molecule has 2 saturated carbocycles. The number of rotatable bonds is 6. The molecule has 5 heterocycles. The lowest BCUT2D eigenvalue weighted by Gasteiger charge is -2.48. The van der Waals surface area contributed by atoms with E-state index in [1.165, 1.54) is 18.4 Å². The van der Waals surface area contributed by atoms with E-state index in [4.69, 9.17) is 9.97 Å². The highest BCUT2D eigenvalue weighted by molar-refractivity contribution is 6.09. The Balaban J connectivity index is 1.16. The van der Waals surface area contributed by atoms with Crippen molar-refractivity contribution in [3.8, 4) is 11.3 Å². The molecule has 9 heteroatoms. The zero-order chi connectivity index (χ0) is 28.6. The van der Waals surface area contributed by atoms with E-state index in [-0.39, 0.29) is 18.0 Å². The van der Waals surface area contributed by atoms with Gasteiger partial charge in [0, 0.05) is 42.0 Å². The Bertz CT molecular complexity index is 1520. The summed E-state index contributed by atoms with van der Waals surface area (Å²) in [5.74, 6) is 1.16. The van der Waals surface area contributed by atoms with Gasteiger partial charge in [0.05, 0.1) is 23.0 Å². The van der Waals surface area contributed by atoms with Crippen molar-refractivity contribution in [2.24, 2.45) is 0 Å². The number of pyridine rings is 1. The molecule has 1 aromatic carbocycles. The van der Waals surface area contributed by atoms with Crippen molar-refractivity contribution in [2.45, 2.75) is 101 Å². The first-order valence-electron chi connectivity index (χ1n) is 16.1. The SMILES string of the molecule is CC(C)n1cnc2cc(-c3ccc4c(c3)N(C3CC(N5CCC[C@H](F)C5)C3)C(=O)C43CCNCC3)nc(NC3CC3)c21. The lowest BCUT2D eigenvalue weighted by molar-refractivity contribution is -0.125. The second kappa shape index (κ2) is 10.0. The fraction of sp³-hybridized carbons (Fsp3) is 0.606. The van der Waals surface area contributed by atoms with Crippen molar-refractivity contribution in [3.05, 3.63) is 36.2 Å². The number of amides is 1. The maximum Gasteiger partial charge on any atom is 0.238 e. The van der Waals surface area contributed by atoms with Crippen LogP contribution < -0.4 is 15.5 Å². The highest BCUT2D eigenvalue weighted by Gasteiger charge is 2.55. The Morgan fingerprint density at radius 2 is 1.90 bits per heavy atom. The van der Waals surface area contributed by atoms with Gasteiger partial charge >= 0.3 is 0 Å². The van der Waals surface area contributed by atoms with Crippen LogP contribution in [0.15, 0.2) is 30.6 Å². The van der Waals surface area contributed by atoms with Crippen LogP contribution in [-0.2, 0) is 10.2 Å². The summed E-state index contributed by atoms with van der Waals surface area (Å²) in [7, 11) is 0. The molecule has 1 amide bonds. The van der Waals surface area contributed by atoms with Crippen LogP contribution in [0.2, 0.25) is 0 Å². The number of halogens is 1. The third kappa shape index (κ3) is 4.26. The highest BCUT2D eigenvalue weighted by atomic mass is 19.1. The molecule has 2 saturated heterocycles. The van der Waals surface area contributed by atoms with Crippen molar-refractivity contribution in [1.82, 2.24) is 24.8 Å². The van der Waals surface area contributed by atoms with Crippen LogP contribution >= 0.6 is 0 Å². The summed E-state index contributed by atoms with van der Waals surface area (Å²) in [5, 5.41) is 7.13. The molecule has 8 rings (SSSR count).